The van der Waals surface area contributed by atoms with Gasteiger partial charge < -0.3 is 0 Å². The van der Waals surface area contributed by atoms with Crippen LogP contribution in [0, 0.1) is 0 Å². The van der Waals surface area contributed by atoms with Gasteiger partial charge in [-0.3, -0.25) is 9.78 Å². The molecule has 0 fully saturated rings. The molecule has 22 heavy (non-hydrogen) atoms. The molecule has 3 heterocycles. The lowest BCUT2D eigenvalue weighted by Gasteiger charge is -1.90. The Morgan fingerprint density at radius 2 is 1.95 bits per heavy atom. The molecule has 0 unspecified atom stereocenters. The number of pyridine rings is 1. The Balaban J connectivity index is 1.85. The molecule has 0 radical (unpaired) electrons. The summed E-state index contributed by atoms with van der Waals surface area (Å²) >= 11 is 1.34. The maximum atomic E-state index is 12.4. The lowest BCUT2D eigenvalue weighted by molar-refractivity contribution is 0.936. The Hall–Kier alpha value is -2.86. The number of fused-ring (bicyclic) bond motifs is 1. The average Bonchev–Trinajstić information content (AvgIpc) is 3.10. The summed E-state index contributed by atoms with van der Waals surface area (Å²) in [5.41, 5.74) is 1.63. The van der Waals surface area contributed by atoms with E-state index in [1.165, 1.54) is 15.9 Å². The van der Waals surface area contributed by atoms with Gasteiger partial charge in [-0.15, -0.1) is 5.10 Å². The van der Waals surface area contributed by atoms with Gasteiger partial charge in [0, 0.05) is 18.0 Å². The van der Waals surface area contributed by atoms with E-state index < -0.39 is 0 Å². The number of aromatic nitrogens is 4. The van der Waals surface area contributed by atoms with Crippen molar-refractivity contribution in [3.8, 4) is 11.4 Å². The lowest BCUT2D eigenvalue weighted by Crippen LogP contribution is -2.23. The van der Waals surface area contributed by atoms with Crippen molar-refractivity contribution in [1.29, 1.82) is 0 Å². The second-order valence-electron chi connectivity index (χ2n) is 4.70. The van der Waals surface area contributed by atoms with Gasteiger partial charge in [0.25, 0.3) is 5.56 Å². The fourth-order valence-electron chi connectivity index (χ4n) is 2.15. The maximum Gasteiger partial charge on any atom is 0.291 e. The third-order valence-electron chi connectivity index (χ3n) is 3.20. The SMILES string of the molecule is O=c1/c(=C/c2ccccc2)sc2nc(-c3cccnc3)nn12. The zero-order valence-electron chi connectivity index (χ0n) is 11.4. The first-order chi connectivity index (χ1) is 10.8. The standard InChI is InChI=1S/C16H10N4OS/c21-15-13(9-11-5-2-1-3-6-11)22-16-18-14(19-20(15)16)12-7-4-8-17-10-12/h1-10H/b13-9-. The number of hydrogen-bond acceptors (Lipinski definition) is 5. The molecule has 0 saturated heterocycles. The molecule has 0 saturated carbocycles. The van der Waals surface area contributed by atoms with Crippen LogP contribution in [0.2, 0.25) is 0 Å². The first kappa shape index (κ1) is 12.8. The van der Waals surface area contributed by atoms with E-state index in [0.717, 1.165) is 11.1 Å². The van der Waals surface area contributed by atoms with E-state index in [0.29, 0.717) is 15.3 Å². The Kier molecular flexibility index (Phi) is 3.01. The van der Waals surface area contributed by atoms with Crippen LogP contribution in [0.15, 0.2) is 59.7 Å². The summed E-state index contributed by atoms with van der Waals surface area (Å²) in [5, 5.41) is 4.29. The summed E-state index contributed by atoms with van der Waals surface area (Å²) in [6.07, 6.45) is 5.22. The predicted molar refractivity (Wildman–Crippen MR) is 85.6 cm³/mol. The van der Waals surface area contributed by atoms with Crippen LogP contribution in [0.1, 0.15) is 5.56 Å². The van der Waals surface area contributed by atoms with Gasteiger partial charge in [-0.2, -0.15) is 9.50 Å². The zero-order chi connectivity index (χ0) is 14.9. The summed E-state index contributed by atoms with van der Waals surface area (Å²) in [6, 6.07) is 13.4. The van der Waals surface area contributed by atoms with Crippen LogP contribution in [-0.4, -0.2) is 19.6 Å². The summed E-state index contributed by atoms with van der Waals surface area (Å²) in [4.78, 5) is 21.4. The van der Waals surface area contributed by atoms with Gasteiger partial charge in [0.15, 0.2) is 5.82 Å². The second-order valence-corrected chi connectivity index (χ2v) is 5.71. The van der Waals surface area contributed by atoms with Crippen molar-refractivity contribution in [3.05, 3.63) is 75.3 Å². The fraction of sp³-hybridized carbons (Fsp3) is 0. The molecular formula is C16H10N4OS. The van der Waals surface area contributed by atoms with Crippen LogP contribution in [-0.2, 0) is 0 Å². The third kappa shape index (κ3) is 2.19. The normalized spacial score (nSPS) is 12.1. The topological polar surface area (TPSA) is 60.2 Å². The van der Waals surface area contributed by atoms with E-state index in [9.17, 15) is 4.79 Å². The van der Waals surface area contributed by atoms with Gasteiger partial charge in [0.1, 0.15) is 0 Å². The molecule has 3 aromatic heterocycles. The molecule has 4 rings (SSSR count). The Morgan fingerprint density at radius 1 is 1.09 bits per heavy atom. The summed E-state index contributed by atoms with van der Waals surface area (Å²) < 4.78 is 1.97. The van der Waals surface area contributed by atoms with E-state index in [1.54, 1.807) is 12.4 Å². The quantitative estimate of drug-likeness (QED) is 0.566. The molecule has 6 heteroatoms. The highest BCUT2D eigenvalue weighted by molar-refractivity contribution is 7.15. The van der Waals surface area contributed by atoms with E-state index in [4.69, 9.17) is 0 Å². The number of nitrogens with zero attached hydrogens (tertiary/aromatic N) is 4. The number of thiazole rings is 1. The lowest BCUT2D eigenvalue weighted by atomic mass is 10.2. The van der Waals surface area contributed by atoms with Gasteiger partial charge >= 0.3 is 0 Å². The molecule has 106 valence electrons. The largest absolute Gasteiger partial charge is 0.291 e. The molecule has 4 aromatic rings. The molecule has 0 amide bonds. The molecular weight excluding hydrogens is 296 g/mol. The highest BCUT2D eigenvalue weighted by Gasteiger charge is 2.11. The van der Waals surface area contributed by atoms with Gasteiger partial charge in [-0.1, -0.05) is 41.7 Å². The highest BCUT2D eigenvalue weighted by Crippen LogP contribution is 2.14. The minimum Gasteiger partial charge on any atom is -0.266 e. The Morgan fingerprint density at radius 3 is 2.68 bits per heavy atom. The zero-order valence-corrected chi connectivity index (χ0v) is 12.2. The monoisotopic (exact) mass is 306 g/mol. The van der Waals surface area contributed by atoms with Crippen LogP contribution in [0.4, 0.5) is 0 Å². The predicted octanol–water partition coefficient (Wildman–Crippen LogP) is 1.76. The maximum absolute atomic E-state index is 12.4. The van der Waals surface area contributed by atoms with E-state index in [-0.39, 0.29) is 5.56 Å². The second kappa shape index (κ2) is 5.16. The minimum atomic E-state index is -0.147. The van der Waals surface area contributed by atoms with Crippen molar-refractivity contribution in [1.82, 2.24) is 19.6 Å². The molecule has 0 aliphatic carbocycles. The molecule has 0 aliphatic rings. The first-order valence-electron chi connectivity index (χ1n) is 6.68. The van der Waals surface area contributed by atoms with Crippen LogP contribution >= 0.6 is 11.3 Å². The minimum absolute atomic E-state index is 0.147. The Labute approximate surface area is 129 Å². The molecule has 5 nitrogen and oxygen atoms in total. The van der Waals surface area contributed by atoms with Gasteiger partial charge in [-0.05, 0) is 23.8 Å². The van der Waals surface area contributed by atoms with E-state index in [2.05, 4.69) is 15.1 Å². The highest BCUT2D eigenvalue weighted by atomic mass is 32.1. The van der Waals surface area contributed by atoms with Crippen LogP contribution < -0.4 is 10.1 Å². The van der Waals surface area contributed by atoms with Crippen LogP contribution in [0.25, 0.3) is 22.4 Å². The van der Waals surface area contributed by atoms with Crippen LogP contribution in [0.3, 0.4) is 0 Å². The molecule has 0 atom stereocenters. The number of hydrogen-bond donors (Lipinski definition) is 0. The van der Waals surface area contributed by atoms with E-state index in [1.807, 2.05) is 48.5 Å². The van der Waals surface area contributed by atoms with Crippen molar-refractivity contribution in [2.75, 3.05) is 0 Å². The fourth-order valence-corrected chi connectivity index (χ4v) is 3.06. The van der Waals surface area contributed by atoms with Crippen molar-refractivity contribution < 1.29 is 0 Å². The van der Waals surface area contributed by atoms with Crippen molar-refractivity contribution >= 4 is 22.4 Å². The van der Waals surface area contributed by atoms with Crippen molar-refractivity contribution in [2.45, 2.75) is 0 Å². The van der Waals surface area contributed by atoms with Crippen molar-refractivity contribution in [2.24, 2.45) is 0 Å². The summed E-state index contributed by atoms with van der Waals surface area (Å²) in [5.74, 6) is 0.516. The summed E-state index contributed by atoms with van der Waals surface area (Å²) in [7, 11) is 0. The van der Waals surface area contributed by atoms with Crippen LogP contribution in [0.5, 0.6) is 0 Å². The van der Waals surface area contributed by atoms with Gasteiger partial charge in [0.05, 0.1) is 4.53 Å². The van der Waals surface area contributed by atoms with Gasteiger partial charge in [0.2, 0.25) is 4.96 Å². The molecule has 0 aliphatic heterocycles. The smallest absolute Gasteiger partial charge is 0.266 e. The molecule has 0 N–H and O–H groups in total. The van der Waals surface area contributed by atoms with Gasteiger partial charge in [-0.25, -0.2) is 0 Å². The van der Waals surface area contributed by atoms with Crippen molar-refractivity contribution in [3.63, 3.8) is 0 Å². The number of benzene rings is 1. The Bertz CT molecular complexity index is 1040. The molecule has 0 bridgehead atoms. The molecule has 1 aromatic carbocycles. The average molecular weight is 306 g/mol. The first-order valence-corrected chi connectivity index (χ1v) is 7.50. The van der Waals surface area contributed by atoms with E-state index >= 15 is 0 Å². The molecule has 0 spiro atoms. The summed E-state index contributed by atoms with van der Waals surface area (Å²) in [6.45, 7) is 0. The number of rotatable bonds is 2. The third-order valence-corrected chi connectivity index (χ3v) is 4.16.